The number of hydrogen-bond acceptors (Lipinski definition) is 2. The van der Waals surface area contributed by atoms with Gasteiger partial charge < -0.3 is 5.73 Å². The maximum Gasteiger partial charge on any atom is 0.0743 e. The minimum atomic E-state index is 0.0775. The van der Waals surface area contributed by atoms with Gasteiger partial charge in [-0.25, -0.2) is 0 Å². The molecule has 1 rings (SSSR count). The summed E-state index contributed by atoms with van der Waals surface area (Å²) in [6.45, 7) is 4.27. The number of nitrogens with two attached hydrogens (primary N) is 1. The van der Waals surface area contributed by atoms with Gasteiger partial charge in [-0.2, -0.15) is 0 Å². The van der Waals surface area contributed by atoms with Crippen LogP contribution in [0.1, 0.15) is 20.3 Å². The van der Waals surface area contributed by atoms with Gasteiger partial charge in [-0.15, -0.1) is 0 Å². The van der Waals surface area contributed by atoms with Crippen molar-refractivity contribution in [2.45, 2.75) is 32.5 Å². The van der Waals surface area contributed by atoms with E-state index in [1.54, 1.807) is 0 Å². The summed E-state index contributed by atoms with van der Waals surface area (Å²) in [6.07, 6.45) is 3.28. The Balaban J connectivity index is 2.56. The van der Waals surface area contributed by atoms with Gasteiger partial charge >= 0.3 is 0 Å². The zero-order valence-electron chi connectivity index (χ0n) is 6.02. The van der Waals surface area contributed by atoms with Gasteiger partial charge in [0.1, 0.15) is 0 Å². The molecule has 0 aromatic carbocycles. The van der Waals surface area contributed by atoms with E-state index in [0.29, 0.717) is 6.04 Å². The molecule has 2 atom stereocenters. The molecule has 0 spiro atoms. The monoisotopic (exact) mass is 126 g/mol. The van der Waals surface area contributed by atoms with Crippen LogP contribution in [0.2, 0.25) is 0 Å². The fourth-order valence-electron chi connectivity index (χ4n) is 1.29. The van der Waals surface area contributed by atoms with Crippen molar-refractivity contribution >= 4 is 0 Å². The van der Waals surface area contributed by atoms with Crippen LogP contribution in [0.15, 0.2) is 11.6 Å². The normalized spacial score (nSPS) is 36.1. The Morgan fingerprint density at radius 2 is 2.44 bits per heavy atom. The van der Waals surface area contributed by atoms with Gasteiger partial charge in [0.15, 0.2) is 0 Å². The lowest BCUT2D eigenvalue weighted by molar-refractivity contribution is 0.474. The zero-order chi connectivity index (χ0) is 6.85. The van der Waals surface area contributed by atoms with Gasteiger partial charge in [0.25, 0.3) is 0 Å². The molecule has 0 saturated carbocycles. The molecule has 0 aliphatic carbocycles. The molecule has 2 nitrogen and oxygen atoms in total. The molecule has 2 unspecified atom stereocenters. The first-order valence-corrected chi connectivity index (χ1v) is 3.37. The molecule has 0 amide bonds. The molecule has 3 N–H and O–H groups in total. The first-order valence-electron chi connectivity index (χ1n) is 3.37. The van der Waals surface area contributed by atoms with Crippen molar-refractivity contribution in [3.05, 3.63) is 11.6 Å². The molecule has 0 bridgehead atoms. The van der Waals surface area contributed by atoms with Gasteiger partial charge in [-0.1, -0.05) is 11.6 Å². The van der Waals surface area contributed by atoms with Crippen molar-refractivity contribution in [2.75, 3.05) is 0 Å². The quantitative estimate of drug-likeness (QED) is 0.466. The van der Waals surface area contributed by atoms with Crippen LogP contribution in [0.5, 0.6) is 0 Å². The molecule has 0 aromatic rings. The second-order valence-electron chi connectivity index (χ2n) is 2.81. The Morgan fingerprint density at radius 1 is 1.78 bits per heavy atom. The predicted octanol–water partition coefficient (Wildman–Crippen LogP) is 0.599. The molecule has 0 fully saturated rings. The van der Waals surface area contributed by atoms with Gasteiger partial charge in [-0.3, -0.25) is 5.32 Å². The van der Waals surface area contributed by atoms with E-state index in [1.807, 2.05) is 0 Å². The summed E-state index contributed by atoms with van der Waals surface area (Å²) in [4.78, 5) is 0. The van der Waals surface area contributed by atoms with Crippen molar-refractivity contribution in [1.29, 1.82) is 0 Å². The molecule has 0 saturated heterocycles. The Labute approximate surface area is 56.1 Å². The van der Waals surface area contributed by atoms with Crippen molar-refractivity contribution in [1.82, 2.24) is 5.32 Å². The second-order valence-corrected chi connectivity index (χ2v) is 2.81. The van der Waals surface area contributed by atoms with Crippen LogP contribution in [0.25, 0.3) is 0 Å². The number of nitrogens with one attached hydrogen (secondary N) is 1. The highest BCUT2D eigenvalue weighted by Crippen LogP contribution is 2.09. The number of hydrogen-bond donors (Lipinski definition) is 2. The Bertz CT molecular complexity index is 129. The molecule has 52 valence electrons. The average Bonchev–Trinajstić information content (AvgIpc) is 1.59. The molecule has 0 radical (unpaired) electrons. The van der Waals surface area contributed by atoms with Crippen LogP contribution in [-0.4, -0.2) is 12.2 Å². The minimum Gasteiger partial charge on any atom is -0.313 e. The summed E-state index contributed by atoms with van der Waals surface area (Å²) in [5, 5.41) is 3.21. The molecule has 1 aliphatic rings. The summed E-state index contributed by atoms with van der Waals surface area (Å²) in [6, 6.07) is 0.546. The summed E-state index contributed by atoms with van der Waals surface area (Å²) < 4.78 is 0. The molecule has 1 heterocycles. The fraction of sp³-hybridized carbons (Fsp3) is 0.714. The highest BCUT2D eigenvalue weighted by atomic mass is 15.0. The van der Waals surface area contributed by atoms with E-state index in [-0.39, 0.29) is 6.17 Å². The van der Waals surface area contributed by atoms with E-state index in [2.05, 4.69) is 25.2 Å². The summed E-state index contributed by atoms with van der Waals surface area (Å²) in [5.41, 5.74) is 7.03. The topological polar surface area (TPSA) is 38.0 Å². The minimum absolute atomic E-state index is 0.0775. The third-order valence-electron chi connectivity index (χ3n) is 1.57. The van der Waals surface area contributed by atoms with Crippen molar-refractivity contribution in [2.24, 2.45) is 5.73 Å². The molecule has 9 heavy (non-hydrogen) atoms. The Hall–Kier alpha value is -0.340. The lowest BCUT2D eigenvalue weighted by Crippen LogP contribution is -2.44. The van der Waals surface area contributed by atoms with Gasteiger partial charge in [0.2, 0.25) is 0 Å². The lowest BCUT2D eigenvalue weighted by atomic mass is 10.0. The predicted molar refractivity (Wildman–Crippen MR) is 38.9 cm³/mol. The third kappa shape index (κ3) is 1.80. The summed E-state index contributed by atoms with van der Waals surface area (Å²) >= 11 is 0. The Morgan fingerprint density at radius 3 is 2.89 bits per heavy atom. The van der Waals surface area contributed by atoms with Crippen LogP contribution in [0, 0.1) is 0 Å². The molecular weight excluding hydrogens is 112 g/mol. The van der Waals surface area contributed by atoms with Gasteiger partial charge in [0, 0.05) is 6.04 Å². The molecule has 1 aliphatic heterocycles. The second kappa shape index (κ2) is 2.50. The van der Waals surface area contributed by atoms with E-state index in [1.165, 1.54) is 5.57 Å². The molecule has 2 heteroatoms. The zero-order valence-corrected chi connectivity index (χ0v) is 6.02. The highest BCUT2D eigenvalue weighted by molar-refractivity contribution is 5.08. The van der Waals surface area contributed by atoms with Crippen LogP contribution in [-0.2, 0) is 0 Å². The van der Waals surface area contributed by atoms with E-state index in [4.69, 9.17) is 5.73 Å². The fourth-order valence-corrected chi connectivity index (χ4v) is 1.29. The van der Waals surface area contributed by atoms with E-state index in [9.17, 15) is 0 Å². The van der Waals surface area contributed by atoms with Crippen LogP contribution in [0.3, 0.4) is 0 Å². The summed E-state index contributed by atoms with van der Waals surface area (Å²) in [5.74, 6) is 0. The van der Waals surface area contributed by atoms with Gasteiger partial charge in [-0.05, 0) is 20.3 Å². The van der Waals surface area contributed by atoms with E-state index < -0.39 is 0 Å². The largest absolute Gasteiger partial charge is 0.313 e. The van der Waals surface area contributed by atoms with Crippen LogP contribution >= 0.6 is 0 Å². The van der Waals surface area contributed by atoms with Crippen LogP contribution < -0.4 is 11.1 Å². The van der Waals surface area contributed by atoms with E-state index in [0.717, 1.165) is 6.42 Å². The summed E-state index contributed by atoms with van der Waals surface area (Å²) in [7, 11) is 0. The first-order chi connectivity index (χ1) is 4.18. The maximum absolute atomic E-state index is 5.63. The van der Waals surface area contributed by atoms with Crippen LogP contribution in [0.4, 0.5) is 0 Å². The SMILES string of the molecule is CC1=CC(N)NC(C)C1. The third-order valence-corrected chi connectivity index (χ3v) is 1.57. The van der Waals surface area contributed by atoms with Gasteiger partial charge in [0.05, 0.1) is 6.17 Å². The standard InChI is InChI=1S/C7H14N2/c1-5-3-6(2)9-7(8)4-5/h4,6-7,9H,3,8H2,1-2H3. The van der Waals surface area contributed by atoms with Crippen molar-refractivity contribution in [3.8, 4) is 0 Å². The smallest absolute Gasteiger partial charge is 0.0743 e. The van der Waals surface area contributed by atoms with Crippen molar-refractivity contribution < 1.29 is 0 Å². The maximum atomic E-state index is 5.63. The highest BCUT2D eigenvalue weighted by Gasteiger charge is 2.11. The Kier molecular flexibility index (Phi) is 1.88. The van der Waals surface area contributed by atoms with Crippen molar-refractivity contribution in [3.63, 3.8) is 0 Å². The average molecular weight is 126 g/mol. The molecule has 0 aromatic heterocycles. The molecular formula is C7H14N2. The van der Waals surface area contributed by atoms with E-state index >= 15 is 0 Å². The lowest BCUT2D eigenvalue weighted by Gasteiger charge is -2.23. The first kappa shape index (κ1) is 6.78. The number of rotatable bonds is 0.